The third kappa shape index (κ3) is 5.61. The Morgan fingerprint density at radius 2 is 1.81 bits per heavy atom. The summed E-state index contributed by atoms with van der Waals surface area (Å²) in [6.45, 7) is 9.98. The van der Waals surface area contributed by atoms with E-state index >= 15 is 0 Å². The number of ketones is 1. The van der Waals surface area contributed by atoms with Crippen LogP contribution in [0.15, 0.2) is 18.2 Å². The maximum atomic E-state index is 12.6. The van der Waals surface area contributed by atoms with Crippen molar-refractivity contribution >= 4 is 29.0 Å². The number of halogens is 2. The second-order valence-corrected chi connectivity index (χ2v) is 6.68. The monoisotopic (exact) mass is 329 g/mol. The average molecular weight is 330 g/mol. The topological polar surface area (TPSA) is 20.3 Å². The van der Waals surface area contributed by atoms with Gasteiger partial charge in [-0.15, -0.1) is 0 Å². The Hall–Kier alpha value is -0.570. The third-order valence-corrected chi connectivity index (χ3v) is 4.20. The molecular formula is C17H25Cl2NO. The Kier molecular flexibility index (Phi) is 7.72. The molecule has 0 atom stereocenters. The first-order valence-corrected chi connectivity index (χ1v) is 8.36. The second-order valence-electron chi connectivity index (χ2n) is 5.84. The van der Waals surface area contributed by atoms with Gasteiger partial charge in [0.2, 0.25) is 0 Å². The van der Waals surface area contributed by atoms with Crippen molar-refractivity contribution in [2.75, 3.05) is 13.1 Å². The van der Waals surface area contributed by atoms with E-state index in [0.717, 1.165) is 19.4 Å². The Morgan fingerprint density at radius 3 is 2.33 bits per heavy atom. The molecule has 1 aromatic carbocycles. The summed E-state index contributed by atoms with van der Waals surface area (Å²) in [4.78, 5) is 14.8. The van der Waals surface area contributed by atoms with Crippen LogP contribution in [0.1, 0.15) is 50.9 Å². The fourth-order valence-electron chi connectivity index (χ4n) is 2.60. The number of Topliss-reactive ketones (excluding diaryl/α,β-unsaturated/α-hetero) is 1. The molecule has 4 heteroatoms. The van der Waals surface area contributed by atoms with Crippen LogP contribution < -0.4 is 0 Å². The van der Waals surface area contributed by atoms with Crippen molar-refractivity contribution in [3.05, 3.63) is 33.8 Å². The van der Waals surface area contributed by atoms with Gasteiger partial charge in [-0.05, 0) is 37.0 Å². The highest BCUT2D eigenvalue weighted by Gasteiger charge is 2.21. The van der Waals surface area contributed by atoms with Gasteiger partial charge in [0.25, 0.3) is 0 Å². The summed E-state index contributed by atoms with van der Waals surface area (Å²) >= 11 is 12.1. The summed E-state index contributed by atoms with van der Waals surface area (Å²) in [6.07, 6.45) is 2.08. The van der Waals surface area contributed by atoms with Crippen LogP contribution in [0.3, 0.4) is 0 Å². The van der Waals surface area contributed by atoms with Crippen LogP contribution in [0.25, 0.3) is 0 Å². The van der Waals surface area contributed by atoms with Gasteiger partial charge in [-0.2, -0.15) is 0 Å². The zero-order valence-electron chi connectivity index (χ0n) is 13.3. The predicted octanol–water partition coefficient (Wildman–Crippen LogP) is 5.32. The SMILES string of the molecule is CCC(CC)N(CC(=O)c1cc(Cl)ccc1Cl)CC(C)C. The van der Waals surface area contributed by atoms with Gasteiger partial charge < -0.3 is 0 Å². The molecule has 0 bridgehead atoms. The molecule has 1 rings (SSSR count). The second kappa shape index (κ2) is 8.77. The van der Waals surface area contributed by atoms with Crippen molar-refractivity contribution < 1.29 is 4.79 Å². The van der Waals surface area contributed by atoms with Gasteiger partial charge in [0, 0.05) is 23.2 Å². The minimum atomic E-state index is 0.0371. The number of carbonyl (C=O) groups is 1. The Labute approximate surface area is 138 Å². The Bertz CT molecular complexity index is 470. The number of hydrogen-bond acceptors (Lipinski definition) is 2. The van der Waals surface area contributed by atoms with Crippen LogP contribution >= 0.6 is 23.2 Å². The fraction of sp³-hybridized carbons (Fsp3) is 0.588. The van der Waals surface area contributed by atoms with E-state index in [4.69, 9.17) is 23.2 Å². The molecule has 0 aliphatic carbocycles. The van der Waals surface area contributed by atoms with Gasteiger partial charge in [-0.25, -0.2) is 0 Å². The van der Waals surface area contributed by atoms with Crippen LogP contribution in [-0.2, 0) is 0 Å². The molecule has 0 spiro atoms. The van der Waals surface area contributed by atoms with Crippen molar-refractivity contribution in [2.45, 2.75) is 46.6 Å². The lowest BCUT2D eigenvalue weighted by atomic mass is 10.0. The van der Waals surface area contributed by atoms with E-state index in [-0.39, 0.29) is 5.78 Å². The maximum absolute atomic E-state index is 12.6. The highest BCUT2D eigenvalue weighted by molar-refractivity contribution is 6.36. The van der Waals surface area contributed by atoms with Crippen molar-refractivity contribution in [3.8, 4) is 0 Å². The van der Waals surface area contributed by atoms with Gasteiger partial charge >= 0.3 is 0 Å². The number of hydrogen-bond donors (Lipinski definition) is 0. The van der Waals surface area contributed by atoms with Gasteiger partial charge in [-0.3, -0.25) is 9.69 Å². The number of rotatable bonds is 8. The van der Waals surface area contributed by atoms with Gasteiger partial charge in [0.05, 0.1) is 11.6 Å². The lowest BCUT2D eigenvalue weighted by Crippen LogP contribution is -2.40. The van der Waals surface area contributed by atoms with E-state index < -0.39 is 0 Å². The number of benzene rings is 1. The molecule has 21 heavy (non-hydrogen) atoms. The normalized spacial score (nSPS) is 11.7. The molecule has 118 valence electrons. The minimum absolute atomic E-state index is 0.0371. The summed E-state index contributed by atoms with van der Waals surface area (Å²) in [5, 5.41) is 1.01. The van der Waals surface area contributed by atoms with E-state index in [1.54, 1.807) is 18.2 Å². The van der Waals surface area contributed by atoms with Crippen molar-refractivity contribution in [2.24, 2.45) is 5.92 Å². The maximum Gasteiger partial charge on any atom is 0.178 e. The van der Waals surface area contributed by atoms with Crippen molar-refractivity contribution in [1.82, 2.24) is 4.90 Å². The highest BCUT2D eigenvalue weighted by Crippen LogP contribution is 2.22. The molecule has 0 fully saturated rings. The van der Waals surface area contributed by atoms with Crippen molar-refractivity contribution in [3.63, 3.8) is 0 Å². The first-order chi connectivity index (χ1) is 9.88. The molecule has 0 aliphatic heterocycles. The lowest BCUT2D eigenvalue weighted by molar-refractivity contribution is 0.0866. The Balaban J connectivity index is 2.91. The van der Waals surface area contributed by atoms with Crippen LogP contribution in [0.4, 0.5) is 0 Å². The number of carbonyl (C=O) groups excluding carboxylic acids is 1. The van der Waals surface area contributed by atoms with Crippen LogP contribution in [-0.4, -0.2) is 29.8 Å². The smallest absolute Gasteiger partial charge is 0.178 e. The lowest BCUT2D eigenvalue weighted by Gasteiger charge is -2.31. The molecule has 0 aromatic heterocycles. The first-order valence-electron chi connectivity index (χ1n) is 7.61. The molecule has 0 heterocycles. The summed E-state index contributed by atoms with van der Waals surface area (Å²) < 4.78 is 0. The van der Waals surface area contributed by atoms with Gasteiger partial charge in [0.1, 0.15) is 0 Å². The third-order valence-electron chi connectivity index (χ3n) is 3.63. The van der Waals surface area contributed by atoms with E-state index in [1.165, 1.54) is 0 Å². The zero-order valence-corrected chi connectivity index (χ0v) is 14.8. The van der Waals surface area contributed by atoms with Crippen molar-refractivity contribution in [1.29, 1.82) is 0 Å². The average Bonchev–Trinajstić information content (AvgIpc) is 2.42. The van der Waals surface area contributed by atoms with E-state index in [9.17, 15) is 4.79 Å². The molecule has 0 N–H and O–H groups in total. The standard InChI is InChI=1S/C17H25Cl2NO/c1-5-14(6-2)20(10-12(3)4)11-17(21)15-9-13(18)7-8-16(15)19/h7-9,12,14H,5-6,10-11H2,1-4H3. The highest BCUT2D eigenvalue weighted by atomic mass is 35.5. The molecule has 1 aromatic rings. The predicted molar refractivity (Wildman–Crippen MR) is 91.6 cm³/mol. The van der Waals surface area contributed by atoms with E-state index in [0.29, 0.717) is 34.1 Å². The van der Waals surface area contributed by atoms with E-state index in [1.807, 2.05) is 0 Å². The first kappa shape index (κ1) is 18.5. The summed E-state index contributed by atoms with van der Waals surface area (Å²) in [5.41, 5.74) is 0.517. The molecule has 0 saturated carbocycles. The van der Waals surface area contributed by atoms with Crippen LogP contribution in [0, 0.1) is 5.92 Å². The molecule has 0 saturated heterocycles. The molecule has 0 unspecified atom stereocenters. The summed E-state index contributed by atoms with van der Waals surface area (Å²) in [5.74, 6) is 0.559. The van der Waals surface area contributed by atoms with E-state index in [2.05, 4.69) is 32.6 Å². The molecule has 2 nitrogen and oxygen atoms in total. The quantitative estimate of drug-likeness (QED) is 0.601. The molecular weight excluding hydrogens is 305 g/mol. The fourth-order valence-corrected chi connectivity index (χ4v) is 2.99. The van der Waals surface area contributed by atoms with Crippen LogP contribution in [0.5, 0.6) is 0 Å². The number of nitrogens with zero attached hydrogens (tertiary/aromatic N) is 1. The molecule has 0 radical (unpaired) electrons. The van der Waals surface area contributed by atoms with Crippen LogP contribution in [0.2, 0.25) is 10.0 Å². The Morgan fingerprint density at radius 1 is 1.19 bits per heavy atom. The zero-order chi connectivity index (χ0) is 16.0. The largest absolute Gasteiger partial charge is 0.293 e. The summed E-state index contributed by atoms with van der Waals surface area (Å²) in [6, 6.07) is 5.47. The molecule has 0 amide bonds. The van der Waals surface area contributed by atoms with Gasteiger partial charge in [0.15, 0.2) is 5.78 Å². The van der Waals surface area contributed by atoms with Gasteiger partial charge in [-0.1, -0.05) is 50.9 Å². The minimum Gasteiger partial charge on any atom is -0.293 e. The molecule has 0 aliphatic rings. The summed E-state index contributed by atoms with van der Waals surface area (Å²) in [7, 11) is 0.